The monoisotopic (exact) mass is 606 g/mol. The number of sulfonamides is 1. The van der Waals surface area contributed by atoms with Gasteiger partial charge in [-0.2, -0.15) is 4.31 Å². The first-order valence-electron chi connectivity index (χ1n) is 14.5. The van der Waals surface area contributed by atoms with E-state index in [4.69, 9.17) is 4.74 Å². The van der Waals surface area contributed by atoms with Crippen LogP contribution in [0.5, 0.6) is 5.75 Å². The second kappa shape index (κ2) is 13.0. The van der Waals surface area contributed by atoms with Crippen molar-refractivity contribution in [1.29, 1.82) is 0 Å². The Morgan fingerprint density at radius 1 is 0.930 bits per heavy atom. The van der Waals surface area contributed by atoms with Crippen LogP contribution in [0.2, 0.25) is 0 Å². The molecule has 2 aliphatic rings. The number of rotatable bonds is 10. The molecule has 0 bridgehead atoms. The zero-order valence-corrected chi connectivity index (χ0v) is 25.3. The molecule has 11 heteroatoms. The van der Waals surface area contributed by atoms with Crippen molar-refractivity contribution in [3.05, 3.63) is 83.9 Å². The average Bonchev–Trinajstić information content (AvgIpc) is 3.53. The van der Waals surface area contributed by atoms with Gasteiger partial charge in [-0.05, 0) is 61.7 Å². The van der Waals surface area contributed by atoms with E-state index in [2.05, 4.69) is 21.2 Å². The number of ether oxygens (including phenoxy) is 1. The topological polar surface area (TPSA) is 119 Å². The second-order valence-electron chi connectivity index (χ2n) is 11.0. The lowest BCUT2D eigenvalue weighted by Crippen LogP contribution is -2.51. The number of anilines is 2. The molecule has 3 aromatic rings. The number of nitrogens with one attached hydrogen (secondary N) is 1. The maximum Gasteiger partial charge on any atom is 0.326 e. The third kappa shape index (κ3) is 6.94. The van der Waals surface area contributed by atoms with Gasteiger partial charge in [0.15, 0.2) is 0 Å². The molecule has 5 rings (SSSR count). The second-order valence-corrected chi connectivity index (χ2v) is 12.9. The molecule has 1 amide bonds. The van der Waals surface area contributed by atoms with Crippen LogP contribution >= 0.6 is 0 Å². The van der Waals surface area contributed by atoms with Crippen molar-refractivity contribution < 1.29 is 27.9 Å². The summed E-state index contributed by atoms with van der Waals surface area (Å²) >= 11 is 0. The first-order valence-corrected chi connectivity index (χ1v) is 15.9. The number of carboxylic acids is 1. The van der Waals surface area contributed by atoms with Gasteiger partial charge < -0.3 is 25.0 Å². The van der Waals surface area contributed by atoms with Gasteiger partial charge in [0.05, 0.1) is 12.0 Å². The van der Waals surface area contributed by atoms with Crippen molar-refractivity contribution in [2.24, 2.45) is 0 Å². The van der Waals surface area contributed by atoms with E-state index in [1.54, 1.807) is 19.2 Å². The molecule has 2 fully saturated rings. The minimum Gasteiger partial charge on any atom is -0.497 e. The van der Waals surface area contributed by atoms with E-state index in [0.717, 1.165) is 54.4 Å². The van der Waals surface area contributed by atoms with Crippen molar-refractivity contribution in [2.45, 2.75) is 43.2 Å². The van der Waals surface area contributed by atoms with Crippen LogP contribution in [0.15, 0.2) is 77.7 Å². The zero-order valence-electron chi connectivity index (χ0n) is 24.5. The van der Waals surface area contributed by atoms with E-state index in [1.165, 1.54) is 16.4 Å². The van der Waals surface area contributed by atoms with Gasteiger partial charge in [-0.3, -0.25) is 4.79 Å². The molecule has 0 spiro atoms. The number of carboxylic acid groups (broad SMARTS) is 1. The van der Waals surface area contributed by atoms with Crippen LogP contribution in [-0.2, 0) is 26.0 Å². The number of aryl methyl sites for hydroxylation is 1. The molecule has 2 heterocycles. The molecule has 2 atom stereocenters. The van der Waals surface area contributed by atoms with Gasteiger partial charge in [0.25, 0.3) is 0 Å². The number of nitrogens with zero attached hydrogens (tertiary/aromatic N) is 3. The smallest absolute Gasteiger partial charge is 0.326 e. The number of piperazine rings is 1. The molecule has 2 N–H and O–H groups in total. The van der Waals surface area contributed by atoms with Crippen LogP contribution in [0.4, 0.5) is 11.4 Å². The average molecular weight is 607 g/mol. The van der Waals surface area contributed by atoms with Gasteiger partial charge in [-0.25, -0.2) is 13.2 Å². The fourth-order valence-corrected chi connectivity index (χ4v) is 7.37. The molecule has 0 unspecified atom stereocenters. The summed E-state index contributed by atoms with van der Waals surface area (Å²) in [5.74, 6) is -0.928. The lowest BCUT2D eigenvalue weighted by Gasteiger charge is -2.37. The van der Waals surface area contributed by atoms with Gasteiger partial charge in [0, 0.05) is 56.6 Å². The van der Waals surface area contributed by atoms with E-state index in [9.17, 15) is 23.1 Å². The quantitative estimate of drug-likeness (QED) is 0.361. The van der Waals surface area contributed by atoms with E-state index >= 15 is 0 Å². The number of hydrogen-bond donors (Lipinski definition) is 2. The lowest BCUT2D eigenvalue weighted by molar-refractivity contribution is -0.142. The maximum atomic E-state index is 13.3. The molecule has 43 heavy (non-hydrogen) atoms. The van der Waals surface area contributed by atoms with Crippen LogP contribution in [0.25, 0.3) is 0 Å². The molecule has 228 valence electrons. The molecular formula is C32H38N4O6S. The van der Waals surface area contributed by atoms with Gasteiger partial charge in [0.1, 0.15) is 17.8 Å². The number of methoxy groups -OCH3 is 1. The predicted octanol–water partition coefficient (Wildman–Crippen LogP) is 3.30. The number of aliphatic carboxylic acids is 1. The fraction of sp³-hybridized carbons (Fsp3) is 0.375. The first-order chi connectivity index (χ1) is 20.7. The first kappa shape index (κ1) is 30.4. The Labute approximate surface area is 252 Å². The third-order valence-corrected chi connectivity index (χ3v) is 10.1. The van der Waals surface area contributed by atoms with E-state index in [0.29, 0.717) is 12.8 Å². The molecule has 10 nitrogen and oxygen atoms in total. The fourth-order valence-electron chi connectivity index (χ4n) is 5.71. The summed E-state index contributed by atoms with van der Waals surface area (Å²) in [4.78, 5) is 30.1. The Kier molecular flexibility index (Phi) is 9.22. The van der Waals surface area contributed by atoms with E-state index < -0.39 is 34.0 Å². The van der Waals surface area contributed by atoms with Gasteiger partial charge in [0.2, 0.25) is 15.9 Å². The Morgan fingerprint density at radius 3 is 2.21 bits per heavy atom. The molecular weight excluding hydrogens is 568 g/mol. The van der Waals surface area contributed by atoms with Crippen LogP contribution in [0.3, 0.4) is 0 Å². The zero-order chi connectivity index (χ0) is 30.6. The Morgan fingerprint density at radius 2 is 1.58 bits per heavy atom. The van der Waals surface area contributed by atoms with Crippen LogP contribution in [0.1, 0.15) is 24.0 Å². The van der Waals surface area contributed by atoms with E-state index in [-0.39, 0.29) is 17.9 Å². The highest BCUT2D eigenvalue weighted by atomic mass is 32.2. The summed E-state index contributed by atoms with van der Waals surface area (Å²) in [6.07, 6.45) is 0.946. The summed E-state index contributed by atoms with van der Waals surface area (Å²) in [7, 11) is -2.23. The standard InChI is InChI=1S/C32H38N4O6S/c1-23-8-14-28(15-9-23)43(40,41)36-16-4-7-30(36)31(37)33-29(32(38)39)21-24-10-12-25(13-11-24)34-17-19-35(20-18-34)26-5-3-6-27(22-26)42-2/h3,5-6,8-15,22,29-30H,4,7,16-21H2,1-2H3,(H,33,37)(H,38,39)/t29-,30-/m0/s1. The summed E-state index contributed by atoms with van der Waals surface area (Å²) < 4.78 is 33.1. The molecule has 0 aliphatic carbocycles. The largest absolute Gasteiger partial charge is 0.497 e. The summed E-state index contributed by atoms with van der Waals surface area (Å²) in [6, 6.07) is 20.1. The molecule has 3 aromatic carbocycles. The number of carbonyl (C=O) groups is 2. The Hall–Kier alpha value is -4.09. The highest BCUT2D eigenvalue weighted by Crippen LogP contribution is 2.27. The number of carbonyl (C=O) groups excluding carboxylic acids is 1. The minimum absolute atomic E-state index is 0.0857. The van der Waals surface area contributed by atoms with Crippen molar-refractivity contribution in [2.75, 3.05) is 49.6 Å². The lowest BCUT2D eigenvalue weighted by atomic mass is 10.0. The van der Waals surface area contributed by atoms with Crippen molar-refractivity contribution in [1.82, 2.24) is 9.62 Å². The van der Waals surface area contributed by atoms with Crippen LogP contribution in [0, 0.1) is 6.92 Å². The van der Waals surface area contributed by atoms with Crippen LogP contribution < -0.4 is 19.9 Å². The number of amides is 1. The predicted molar refractivity (Wildman–Crippen MR) is 165 cm³/mol. The summed E-state index contributed by atoms with van der Waals surface area (Å²) in [5.41, 5.74) is 3.87. The van der Waals surface area contributed by atoms with Gasteiger partial charge in [-0.15, -0.1) is 0 Å². The molecule has 2 aliphatic heterocycles. The van der Waals surface area contributed by atoms with E-state index in [1.807, 2.05) is 49.4 Å². The SMILES string of the molecule is COc1cccc(N2CCN(c3ccc(C[C@H](NC(=O)[C@@H]4CCCN4S(=O)(=O)c4ccc(C)cc4)C(=O)O)cc3)CC2)c1. The molecule has 2 saturated heterocycles. The molecule has 0 aromatic heterocycles. The summed E-state index contributed by atoms with van der Waals surface area (Å²) in [5, 5.41) is 12.5. The van der Waals surface area contributed by atoms with Crippen LogP contribution in [-0.4, -0.2) is 81.6 Å². The normalized spacial score (nSPS) is 18.3. The highest BCUT2D eigenvalue weighted by Gasteiger charge is 2.40. The summed E-state index contributed by atoms with van der Waals surface area (Å²) in [6.45, 7) is 5.48. The van der Waals surface area contributed by atoms with Crippen molar-refractivity contribution >= 4 is 33.3 Å². The van der Waals surface area contributed by atoms with Gasteiger partial charge in [-0.1, -0.05) is 35.9 Å². The van der Waals surface area contributed by atoms with Gasteiger partial charge >= 0.3 is 5.97 Å². The maximum absolute atomic E-state index is 13.3. The molecule has 0 radical (unpaired) electrons. The number of benzene rings is 3. The third-order valence-electron chi connectivity index (χ3n) is 8.19. The van der Waals surface area contributed by atoms with Crippen molar-refractivity contribution in [3.63, 3.8) is 0 Å². The Balaban J connectivity index is 1.19. The highest BCUT2D eigenvalue weighted by molar-refractivity contribution is 7.89. The minimum atomic E-state index is -3.89. The number of hydrogen-bond acceptors (Lipinski definition) is 7. The Bertz CT molecular complexity index is 1540. The van der Waals surface area contributed by atoms with Crippen molar-refractivity contribution in [3.8, 4) is 5.75 Å². The molecule has 0 saturated carbocycles.